The molecule has 2 atom stereocenters. The van der Waals surface area contributed by atoms with Crippen LogP contribution in [0.2, 0.25) is 0 Å². The Hall–Kier alpha value is -2.05. The van der Waals surface area contributed by atoms with Gasteiger partial charge in [0.25, 0.3) is 0 Å². The van der Waals surface area contributed by atoms with Crippen molar-refractivity contribution in [1.82, 2.24) is 10.6 Å². The smallest absolute Gasteiger partial charge is 0.408 e. The average Bonchev–Trinajstić information content (AvgIpc) is 2.82. The molecule has 2 N–H and O–H groups in total. The second kappa shape index (κ2) is 10.5. The van der Waals surface area contributed by atoms with Crippen molar-refractivity contribution < 1.29 is 23.9 Å². The first kappa shape index (κ1) is 22.2. The summed E-state index contributed by atoms with van der Waals surface area (Å²) >= 11 is 0. The highest BCUT2D eigenvalue weighted by atomic mass is 16.6. The normalized spacial score (nSPS) is 22.4. The molecule has 28 heavy (non-hydrogen) atoms. The lowest BCUT2D eigenvalue weighted by Gasteiger charge is -2.23. The van der Waals surface area contributed by atoms with Crippen molar-refractivity contribution in [1.29, 1.82) is 0 Å². The summed E-state index contributed by atoms with van der Waals surface area (Å²) in [6, 6.07) is -0.481. The summed E-state index contributed by atoms with van der Waals surface area (Å²) < 4.78 is 10.9. The Morgan fingerprint density at radius 3 is 2.43 bits per heavy atom. The van der Waals surface area contributed by atoms with Crippen molar-refractivity contribution in [3.63, 3.8) is 0 Å². The summed E-state index contributed by atoms with van der Waals surface area (Å²) in [5.74, 6) is -0.619. The standard InChI is InChI=1S/C21H34N2O5/c1-21(2,3)28-20(26)23-16(14-15-12-13-22-19(15)25)10-11-18(24)27-17-8-6-4-5-7-9-17/h10-11,15-17H,4-9,12-14H2,1-3H3,(H,22,25)(H,23,26)/b11-10+/t15-,16+/m0/s1. The largest absolute Gasteiger partial charge is 0.459 e. The van der Waals surface area contributed by atoms with Crippen LogP contribution in [0.1, 0.15) is 72.1 Å². The fraction of sp³-hybridized carbons (Fsp3) is 0.762. The third-order valence-electron chi connectivity index (χ3n) is 4.95. The van der Waals surface area contributed by atoms with Crippen molar-refractivity contribution >= 4 is 18.0 Å². The van der Waals surface area contributed by atoms with Crippen molar-refractivity contribution in [2.24, 2.45) is 5.92 Å². The van der Waals surface area contributed by atoms with Crippen LogP contribution in [-0.4, -0.2) is 42.3 Å². The number of ether oxygens (including phenoxy) is 2. The van der Waals surface area contributed by atoms with Crippen molar-refractivity contribution in [2.75, 3.05) is 6.54 Å². The van der Waals surface area contributed by atoms with Crippen LogP contribution in [0.4, 0.5) is 4.79 Å². The molecule has 1 saturated carbocycles. The highest BCUT2D eigenvalue weighted by molar-refractivity contribution is 5.83. The van der Waals surface area contributed by atoms with E-state index in [1.54, 1.807) is 26.8 Å². The Bertz CT molecular complexity index is 574. The van der Waals surface area contributed by atoms with Crippen LogP contribution >= 0.6 is 0 Å². The maximum atomic E-state index is 12.2. The maximum absolute atomic E-state index is 12.2. The predicted octanol–water partition coefficient (Wildman–Crippen LogP) is 3.23. The molecule has 2 fully saturated rings. The quantitative estimate of drug-likeness (QED) is 0.410. The van der Waals surface area contributed by atoms with E-state index >= 15 is 0 Å². The van der Waals surface area contributed by atoms with Gasteiger partial charge in [0.1, 0.15) is 11.7 Å². The number of hydrogen-bond acceptors (Lipinski definition) is 5. The number of rotatable bonds is 6. The van der Waals surface area contributed by atoms with E-state index in [1.807, 2.05) is 0 Å². The lowest BCUT2D eigenvalue weighted by atomic mass is 9.98. The van der Waals surface area contributed by atoms with Gasteiger partial charge in [-0.1, -0.05) is 18.9 Å². The van der Waals surface area contributed by atoms with Crippen molar-refractivity contribution in [3.05, 3.63) is 12.2 Å². The second-order valence-corrected chi connectivity index (χ2v) is 8.67. The van der Waals surface area contributed by atoms with Gasteiger partial charge in [0.15, 0.2) is 0 Å². The molecule has 7 heteroatoms. The molecule has 0 aromatic rings. The maximum Gasteiger partial charge on any atom is 0.408 e. The number of nitrogens with one attached hydrogen (secondary N) is 2. The molecule has 0 aromatic heterocycles. The molecule has 1 aliphatic heterocycles. The first-order chi connectivity index (χ1) is 13.2. The molecule has 158 valence electrons. The third kappa shape index (κ3) is 8.31. The zero-order valence-corrected chi connectivity index (χ0v) is 17.3. The number of esters is 1. The van der Waals surface area contributed by atoms with Crippen LogP contribution < -0.4 is 10.6 Å². The molecular weight excluding hydrogens is 360 g/mol. The summed E-state index contributed by atoms with van der Waals surface area (Å²) in [6.07, 6.45) is 9.85. The SMILES string of the molecule is CC(C)(C)OC(=O)N[C@H](/C=C/C(=O)OC1CCCCCC1)C[C@@H]1CCNC1=O. The number of hydrogen-bond donors (Lipinski definition) is 2. The van der Waals surface area contributed by atoms with E-state index in [2.05, 4.69) is 10.6 Å². The summed E-state index contributed by atoms with van der Waals surface area (Å²) in [5, 5.41) is 5.55. The van der Waals surface area contributed by atoms with Gasteiger partial charge in [-0.2, -0.15) is 0 Å². The van der Waals surface area contributed by atoms with E-state index in [-0.39, 0.29) is 17.9 Å². The molecular formula is C21H34N2O5. The van der Waals surface area contributed by atoms with E-state index in [1.165, 1.54) is 18.9 Å². The summed E-state index contributed by atoms with van der Waals surface area (Å²) in [4.78, 5) is 36.2. The van der Waals surface area contributed by atoms with Gasteiger partial charge in [-0.3, -0.25) is 4.79 Å². The molecule has 0 bridgehead atoms. The minimum Gasteiger partial charge on any atom is -0.459 e. The van der Waals surface area contributed by atoms with Gasteiger partial charge in [-0.05, 0) is 59.3 Å². The summed E-state index contributed by atoms with van der Waals surface area (Å²) in [5.41, 5.74) is -0.624. The van der Waals surface area contributed by atoms with E-state index in [4.69, 9.17) is 9.47 Å². The Labute approximate surface area is 167 Å². The zero-order valence-electron chi connectivity index (χ0n) is 17.3. The van der Waals surface area contributed by atoms with Crippen LogP contribution in [0.3, 0.4) is 0 Å². The van der Waals surface area contributed by atoms with Gasteiger partial charge < -0.3 is 20.1 Å². The van der Waals surface area contributed by atoms with Gasteiger partial charge in [0.05, 0.1) is 6.04 Å². The van der Waals surface area contributed by atoms with Gasteiger partial charge in [0, 0.05) is 18.5 Å². The van der Waals surface area contributed by atoms with Crippen molar-refractivity contribution in [3.8, 4) is 0 Å². The van der Waals surface area contributed by atoms with Crippen LogP contribution in [0, 0.1) is 5.92 Å². The molecule has 7 nitrogen and oxygen atoms in total. The second-order valence-electron chi connectivity index (χ2n) is 8.67. The minimum absolute atomic E-state index is 0.0228. The van der Waals surface area contributed by atoms with Crippen LogP contribution in [0.25, 0.3) is 0 Å². The topological polar surface area (TPSA) is 93.7 Å². The number of amides is 2. The lowest BCUT2D eigenvalue weighted by Crippen LogP contribution is -2.40. The first-order valence-corrected chi connectivity index (χ1v) is 10.4. The monoisotopic (exact) mass is 394 g/mol. The van der Waals surface area contributed by atoms with Crippen molar-refractivity contribution in [2.45, 2.75) is 89.9 Å². The molecule has 0 spiro atoms. The zero-order chi connectivity index (χ0) is 20.6. The molecule has 2 rings (SSSR count). The number of carbonyl (C=O) groups is 3. The fourth-order valence-electron chi connectivity index (χ4n) is 3.58. The Balaban J connectivity index is 1.94. The predicted molar refractivity (Wildman–Crippen MR) is 106 cm³/mol. The Kier molecular flexibility index (Phi) is 8.33. The van der Waals surface area contributed by atoms with Crippen LogP contribution in [-0.2, 0) is 19.1 Å². The highest BCUT2D eigenvalue weighted by Crippen LogP contribution is 2.20. The van der Waals surface area contributed by atoms with E-state index < -0.39 is 23.7 Å². The van der Waals surface area contributed by atoms with E-state index in [0.717, 1.165) is 25.7 Å². The van der Waals surface area contributed by atoms with Crippen LogP contribution in [0.15, 0.2) is 12.2 Å². The first-order valence-electron chi connectivity index (χ1n) is 10.4. The van der Waals surface area contributed by atoms with Gasteiger partial charge in [-0.15, -0.1) is 0 Å². The fourth-order valence-corrected chi connectivity index (χ4v) is 3.58. The molecule has 1 saturated heterocycles. The number of carbonyl (C=O) groups excluding carboxylic acids is 3. The summed E-state index contributed by atoms with van der Waals surface area (Å²) in [6.45, 7) is 5.99. The van der Waals surface area contributed by atoms with Crippen LogP contribution in [0.5, 0.6) is 0 Å². The van der Waals surface area contributed by atoms with Gasteiger partial charge in [-0.25, -0.2) is 9.59 Å². The van der Waals surface area contributed by atoms with Gasteiger partial charge in [0.2, 0.25) is 5.91 Å². The average molecular weight is 395 g/mol. The van der Waals surface area contributed by atoms with Gasteiger partial charge >= 0.3 is 12.1 Å². The lowest BCUT2D eigenvalue weighted by molar-refractivity contribution is -0.143. The molecule has 1 heterocycles. The molecule has 1 aliphatic carbocycles. The molecule has 0 unspecified atom stereocenters. The minimum atomic E-state index is -0.624. The van der Waals surface area contributed by atoms with E-state index in [0.29, 0.717) is 19.4 Å². The number of alkyl carbamates (subject to hydrolysis) is 1. The summed E-state index contributed by atoms with van der Waals surface area (Å²) in [7, 11) is 0. The molecule has 0 radical (unpaired) electrons. The Morgan fingerprint density at radius 1 is 1.18 bits per heavy atom. The third-order valence-corrected chi connectivity index (χ3v) is 4.95. The highest BCUT2D eigenvalue weighted by Gasteiger charge is 2.28. The Morgan fingerprint density at radius 2 is 1.86 bits per heavy atom. The molecule has 2 amide bonds. The van der Waals surface area contributed by atoms with E-state index in [9.17, 15) is 14.4 Å². The molecule has 0 aromatic carbocycles. The molecule has 2 aliphatic rings.